The van der Waals surface area contributed by atoms with E-state index in [2.05, 4.69) is 9.72 Å². The van der Waals surface area contributed by atoms with Crippen molar-refractivity contribution in [2.75, 3.05) is 7.11 Å². The number of hydrogen-bond acceptors (Lipinski definition) is 4. The van der Waals surface area contributed by atoms with E-state index in [0.29, 0.717) is 6.20 Å². The zero-order valence-corrected chi connectivity index (χ0v) is 7.50. The second-order valence-corrected chi connectivity index (χ2v) is 2.51. The Labute approximate surface area is 82.3 Å². The molecule has 0 saturated carbocycles. The molecule has 1 heterocycles. The van der Waals surface area contributed by atoms with Crippen LogP contribution in [0.25, 0.3) is 0 Å². The molecule has 0 aromatic carbocycles. The first kappa shape index (κ1) is 11.3. The van der Waals surface area contributed by atoms with E-state index in [1.807, 2.05) is 0 Å². The van der Waals surface area contributed by atoms with Gasteiger partial charge in [-0.2, -0.15) is 0 Å². The molecule has 82 valence electrons. The molecular weight excluding hydrogens is 215 g/mol. The van der Waals surface area contributed by atoms with Crippen molar-refractivity contribution in [2.45, 2.75) is 6.43 Å². The Balaban J connectivity index is 3.41. The van der Waals surface area contributed by atoms with E-state index in [4.69, 9.17) is 5.11 Å². The molecule has 4 nitrogen and oxygen atoms in total. The molecular formula is C8H6F3NO3. The summed E-state index contributed by atoms with van der Waals surface area (Å²) in [5.41, 5.74) is -2.11. The lowest BCUT2D eigenvalue weighted by Crippen LogP contribution is -2.11. The predicted octanol–water partition coefficient (Wildman–Crippen LogP) is 1.65. The van der Waals surface area contributed by atoms with Crippen LogP contribution in [-0.4, -0.2) is 23.2 Å². The maximum Gasteiger partial charge on any atom is 0.343 e. The molecule has 0 aliphatic rings. The summed E-state index contributed by atoms with van der Waals surface area (Å²) in [5.74, 6) is -3.77. The van der Waals surface area contributed by atoms with Gasteiger partial charge in [-0.15, -0.1) is 0 Å². The zero-order valence-electron chi connectivity index (χ0n) is 7.50. The summed E-state index contributed by atoms with van der Waals surface area (Å²) in [4.78, 5) is 14.0. The number of halogens is 3. The van der Waals surface area contributed by atoms with Gasteiger partial charge < -0.3 is 9.84 Å². The zero-order chi connectivity index (χ0) is 11.6. The van der Waals surface area contributed by atoms with Crippen LogP contribution < -0.4 is 0 Å². The van der Waals surface area contributed by atoms with Gasteiger partial charge in [0.05, 0.1) is 13.3 Å². The standard InChI is InChI=1S/C8H6F3NO3/c1-15-8(14)4-5(9)3(13)2-12-6(4)7(10)11/h2,7,13H,1H3. The first-order chi connectivity index (χ1) is 6.99. The van der Waals surface area contributed by atoms with E-state index < -0.39 is 35.2 Å². The number of alkyl halides is 2. The van der Waals surface area contributed by atoms with Gasteiger partial charge in [0.1, 0.15) is 11.3 Å². The topological polar surface area (TPSA) is 59.4 Å². The molecule has 1 rings (SSSR count). The van der Waals surface area contributed by atoms with Crippen LogP contribution in [0.15, 0.2) is 6.20 Å². The van der Waals surface area contributed by atoms with Crippen LogP contribution in [0.5, 0.6) is 5.75 Å². The second-order valence-electron chi connectivity index (χ2n) is 2.51. The van der Waals surface area contributed by atoms with Crippen molar-refractivity contribution >= 4 is 5.97 Å². The highest BCUT2D eigenvalue weighted by Crippen LogP contribution is 2.27. The Morgan fingerprint density at radius 3 is 2.67 bits per heavy atom. The van der Waals surface area contributed by atoms with Crippen molar-refractivity contribution in [3.05, 3.63) is 23.3 Å². The SMILES string of the molecule is COC(=O)c1c(C(F)F)ncc(O)c1F. The van der Waals surface area contributed by atoms with Gasteiger partial charge in [-0.3, -0.25) is 4.98 Å². The van der Waals surface area contributed by atoms with Gasteiger partial charge in [0.25, 0.3) is 6.43 Å². The molecule has 0 aliphatic carbocycles. The Morgan fingerprint density at radius 2 is 2.20 bits per heavy atom. The number of methoxy groups -OCH3 is 1. The van der Waals surface area contributed by atoms with Crippen LogP contribution in [0.2, 0.25) is 0 Å². The number of aromatic nitrogens is 1. The van der Waals surface area contributed by atoms with Gasteiger partial charge in [0.2, 0.25) is 0 Å². The number of rotatable bonds is 2. The number of ether oxygens (including phenoxy) is 1. The van der Waals surface area contributed by atoms with Crippen molar-refractivity contribution in [1.82, 2.24) is 4.98 Å². The summed E-state index contributed by atoms with van der Waals surface area (Å²) in [6.07, 6.45) is -2.63. The summed E-state index contributed by atoms with van der Waals surface area (Å²) in [6, 6.07) is 0. The maximum atomic E-state index is 13.1. The first-order valence-corrected chi connectivity index (χ1v) is 3.72. The van der Waals surface area contributed by atoms with E-state index in [1.54, 1.807) is 0 Å². The van der Waals surface area contributed by atoms with Crippen LogP contribution in [0.3, 0.4) is 0 Å². The van der Waals surface area contributed by atoms with Gasteiger partial charge in [-0.25, -0.2) is 18.0 Å². The molecule has 1 aromatic heterocycles. The Bertz CT molecular complexity index is 395. The second kappa shape index (κ2) is 4.16. The minimum atomic E-state index is -3.13. The molecule has 7 heteroatoms. The van der Waals surface area contributed by atoms with Crippen LogP contribution in [0.1, 0.15) is 22.5 Å². The summed E-state index contributed by atoms with van der Waals surface area (Å²) >= 11 is 0. The fourth-order valence-electron chi connectivity index (χ4n) is 0.954. The van der Waals surface area contributed by atoms with Crippen molar-refractivity contribution in [2.24, 2.45) is 0 Å². The number of nitrogens with zero attached hydrogens (tertiary/aromatic N) is 1. The largest absolute Gasteiger partial charge is 0.504 e. The number of carbonyl (C=O) groups is 1. The third-order valence-electron chi connectivity index (χ3n) is 1.62. The molecule has 0 saturated heterocycles. The van der Waals surface area contributed by atoms with Gasteiger partial charge in [-0.05, 0) is 0 Å². The predicted molar refractivity (Wildman–Crippen MR) is 42.2 cm³/mol. The molecule has 0 unspecified atom stereocenters. The summed E-state index contributed by atoms with van der Waals surface area (Å²) < 4.78 is 41.9. The smallest absolute Gasteiger partial charge is 0.343 e. The molecule has 0 bridgehead atoms. The van der Waals surface area contributed by atoms with Crippen LogP contribution in [0, 0.1) is 5.82 Å². The maximum absolute atomic E-state index is 13.1. The third-order valence-corrected chi connectivity index (χ3v) is 1.62. The summed E-state index contributed by atoms with van der Waals surface area (Å²) in [7, 11) is 0.904. The molecule has 0 atom stereocenters. The average Bonchev–Trinajstić information content (AvgIpc) is 2.20. The first-order valence-electron chi connectivity index (χ1n) is 3.72. The molecule has 0 spiro atoms. The lowest BCUT2D eigenvalue weighted by molar-refractivity contribution is 0.0579. The van der Waals surface area contributed by atoms with Crippen molar-refractivity contribution in [3.8, 4) is 5.75 Å². The van der Waals surface area contributed by atoms with E-state index in [0.717, 1.165) is 7.11 Å². The molecule has 0 amide bonds. The van der Waals surface area contributed by atoms with Crippen molar-refractivity contribution in [1.29, 1.82) is 0 Å². The van der Waals surface area contributed by atoms with E-state index in [-0.39, 0.29) is 0 Å². The molecule has 0 aliphatic heterocycles. The number of hydrogen-bond donors (Lipinski definition) is 1. The normalized spacial score (nSPS) is 10.5. The Hall–Kier alpha value is -1.79. The van der Waals surface area contributed by atoms with Crippen LogP contribution in [0.4, 0.5) is 13.2 Å². The molecule has 1 N–H and O–H groups in total. The Morgan fingerprint density at radius 1 is 1.60 bits per heavy atom. The van der Waals surface area contributed by atoms with Crippen LogP contribution in [-0.2, 0) is 4.74 Å². The lowest BCUT2D eigenvalue weighted by Gasteiger charge is -2.07. The minimum absolute atomic E-state index is 0.503. The number of esters is 1. The fraction of sp³-hybridized carbons (Fsp3) is 0.250. The monoisotopic (exact) mass is 221 g/mol. The highest BCUT2D eigenvalue weighted by Gasteiger charge is 2.26. The number of pyridine rings is 1. The minimum Gasteiger partial charge on any atom is -0.504 e. The van der Waals surface area contributed by atoms with E-state index in [9.17, 15) is 18.0 Å². The summed E-state index contributed by atoms with van der Waals surface area (Å²) in [5, 5.41) is 8.86. The van der Waals surface area contributed by atoms with E-state index >= 15 is 0 Å². The van der Waals surface area contributed by atoms with Crippen LogP contribution >= 0.6 is 0 Å². The molecule has 0 radical (unpaired) electrons. The van der Waals surface area contributed by atoms with Crippen molar-refractivity contribution in [3.63, 3.8) is 0 Å². The van der Waals surface area contributed by atoms with Gasteiger partial charge in [-0.1, -0.05) is 0 Å². The lowest BCUT2D eigenvalue weighted by atomic mass is 10.2. The number of carbonyl (C=O) groups excluding carboxylic acids is 1. The third kappa shape index (κ3) is 2.00. The fourth-order valence-corrected chi connectivity index (χ4v) is 0.954. The molecule has 1 aromatic rings. The highest BCUT2D eigenvalue weighted by atomic mass is 19.3. The molecule has 15 heavy (non-hydrogen) atoms. The highest BCUT2D eigenvalue weighted by molar-refractivity contribution is 5.91. The molecule has 0 fully saturated rings. The summed E-state index contributed by atoms with van der Waals surface area (Å²) in [6.45, 7) is 0. The van der Waals surface area contributed by atoms with Gasteiger partial charge in [0, 0.05) is 0 Å². The Kier molecular flexibility index (Phi) is 3.13. The van der Waals surface area contributed by atoms with Crippen molar-refractivity contribution < 1.29 is 27.8 Å². The van der Waals surface area contributed by atoms with Gasteiger partial charge in [0.15, 0.2) is 11.6 Å². The number of aromatic hydroxyl groups is 1. The quantitative estimate of drug-likeness (QED) is 0.771. The van der Waals surface area contributed by atoms with Gasteiger partial charge >= 0.3 is 5.97 Å². The average molecular weight is 221 g/mol. The van der Waals surface area contributed by atoms with E-state index in [1.165, 1.54) is 0 Å².